The third-order valence-electron chi connectivity index (χ3n) is 4.16. The number of anilines is 1. The fraction of sp³-hybridized carbons (Fsp3) is 0.150. The zero-order valence-electron chi connectivity index (χ0n) is 15.9. The number of ether oxygens (including phenoxy) is 1. The van der Waals surface area contributed by atoms with Gasteiger partial charge in [0.15, 0.2) is 5.13 Å². The highest BCUT2D eigenvalue weighted by molar-refractivity contribution is 7.13. The molecule has 3 heterocycles. The normalized spacial score (nSPS) is 10.9. The second kappa shape index (κ2) is 7.99. The average molecular weight is 426 g/mol. The fourth-order valence-corrected chi connectivity index (χ4v) is 3.56. The minimum absolute atomic E-state index is 0.0745. The summed E-state index contributed by atoms with van der Waals surface area (Å²) in [5, 5.41) is 9.02. The summed E-state index contributed by atoms with van der Waals surface area (Å²) in [6.45, 7) is 3.01. The van der Waals surface area contributed by atoms with Crippen LogP contribution in [-0.4, -0.2) is 27.0 Å². The van der Waals surface area contributed by atoms with Crippen LogP contribution >= 0.6 is 11.3 Å². The van der Waals surface area contributed by atoms with Gasteiger partial charge in [-0.3, -0.25) is 4.79 Å². The highest BCUT2D eigenvalue weighted by atomic mass is 32.1. The number of hydrogen-bond acceptors (Lipinski definition) is 8. The lowest BCUT2D eigenvalue weighted by Gasteiger charge is -2.07. The standard InChI is InChI=1S/C20H15FN4O4S/c1-10-17-15(19(27)28-8-14-9-30-20(23-14)22-11(2)26)7-16(24-18(17)29-25-10)12-3-5-13(21)6-4-12/h3-7,9H,8H2,1-2H3,(H,22,23,26). The van der Waals surface area contributed by atoms with Crippen molar-refractivity contribution in [3.8, 4) is 11.3 Å². The van der Waals surface area contributed by atoms with E-state index in [9.17, 15) is 14.0 Å². The van der Waals surface area contributed by atoms with E-state index in [2.05, 4.69) is 20.4 Å². The molecule has 0 saturated carbocycles. The Morgan fingerprint density at radius 1 is 1.23 bits per heavy atom. The molecule has 4 aromatic rings. The Kier molecular flexibility index (Phi) is 5.23. The van der Waals surface area contributed by atoms with E-state index in [1.165, 1.54) is 30.4 Å². The number of benzene rings is 1. The lowest BCUT2D eigenvalue weighted by Crippen LogP contribution is -2.08. The minimum Gasteiger partial charge on any atom is -0.456 e. The van der Waals surface area contributed by atoms with Gasteiger partial charge >= 0.3 is 5.97 Å². The molecule has 152 valence electrons. The van der Waals surface area contributed by atoms with Crippen LogP contribution in [0.1, 0.15) is 28.7 Å². The first-order valence-electron chi connectivity index (χ1n) is 8.83. The third-order valence-corrected chi connectivity index (χ3v) is 4.97. The van der Waals surface area contributed by atoms with Crippen LogP contribution in [-0.2, 0) is 16.1 Å². The molecule has 0 unspecified atom stereocenters. The first-order chi connectivity index (χ1) is 14.4. The molecule has 0 fully saturated rings. The quantitative estimate of drug-likeness (QED) is 0.479. The van der Waals surface area contributed by atoms with Gasteiger partial charge in [-0.25, -0.2) is 19.2 Å². The van der Waals surface area contributed by atoms with Gasteiger partial charge in [0.25, 0.3) is 5.71 Å². The van der Waals surface area contributed by atoms with E-state index >= 15 is 0 Å². The van der Waals surface area contributed by atoms with Crippen molar-refractivity contribution in [2.75, 3.05) is 5.32 Å². The van der Waals surface area contributed by atoms with E-state index in [4.69, 9.17) is 9.26 Å². The first kappa shape index (κ1) is 19.6. The molecule has 30 heavy (non-hydrogen) atoms. The highest BCUT2D eigenvalue weighted by Gasteiger charge is 2.21. The largest absolute Gasteiger partial charge is 0.456 e. The summed E-state index contributed by atoms with van der Waals surface area (Å²) >= 11 is 1.23. The molecule has 0 radical (unpaired) electrons. The third kappa shape index (κ3) is 4.03. The van der Waals surface area contributed by atoms with Crippen LogP contribution in [0.3, 0.4) is 0 Å². The van der Waals surface area contributed by atoms with Gasteiger partial charge in [-0.1, -0.05) is 5.16 Å². The van der Waals surface area contributed by atoms with E-state index in [-0.39, 0.29) is 29.6 Å². The number of hydrogen-bond donors (Lipinski definition) is 1. The molecule has 0 aliphatic rings. The smallest absolute Gasteiger partial charge is 0.339 e. The van der Waals surface area contributed by atoms with E-state index in [1.807, 2.05) is 0 Å². The lowest BCUT2D eigenvalue weighted by molar-refractivity contribution is -0.114. The summed E-state index contributed by atoms with van der Waals surface area (Å²) in [6, 6.07) is 7.28. The summed E-state index contributed by atoms with van der Waals surface area (Å²) in [5.74, 6) is -1.22. The Bertz CT molecular complexity index is 1250. The number of pyridine rings is 1. The van der Waals surface area contributed by atoms with Crippen LogP contribution < -0.4 is 5.32 Å². The first-order valence-corrected chi connectivity index (χ1v) is 9.71. The maximum atomic E-state index is 13.2. The van der Waals surface area contributed by atoms with Crippen molar-refractivity contribution in [1.82, 2.24) is 15.1 Å². The Labute approximate surface area is 173 Å². The van der Waals surface area contributed by atoms with Crippen LogP contribution in [0.25, 0.3) is 22.4 Å². The fourth-order valence-electron chi connectivity index (χ4n) is 2.82. The molecule has 4 rings (SSSR count). The van der Waals surface area contributed by atoms with Crippen LogP contribution in [0.15, 0.2) is 40.2 Å². The zero-order valence-corrected chi connectivity index (χ0v) is 16.7. The number of nitrogens with one attached hydrogen (secondary N) is 1. The minimum atomic E-state index is -0.605. The Morgan fingerprint density at radius 3 is 2.73 bits per heavy atom. The molecule has 0 bridgehead atoms. The van der Waals surface area contributed by atoms with Gasteiger partial charge in [0.2, 0.25) is 5.91 Å². The lowest BCUT2D eigenvalue weighted by atomic mass is 10.1. The van der Waals surface area contributed by atoms with Crippen molar-refractivity contribution in [2.45, 2.75) is 20.5 Å². The van der Waals surface area contributed by atoms with Crippen molar-refractivity contribution in [3.63, 3.8) is 0 Å². The van der Waals surface area contributed by atoms with Gasteiger partial charge < -0.3 is 14.6 Å². The van der Waals surface area contributed by atoms with Gasteiger partial charge in [0.05, 0.1) is 28.0 Å². The van der Waals surface area contributed by atoms with Gasteiger partial charge in [-0.05, 0) is 37.3 Å². The molecule has 1 aromatic carbocycles. The number of halogens is 1. The average Bonchev–Trinajstić information content (AvgIpc) is 3.32. The topological polar surface area (TPSA) is 107 Å². The van der Waals surface area contributed by atoms with Gasteiger partial charge in [-0.2, -0.15) is 0 Å². The highest BCUT2D eigenvalue weighted by Crippen LogP contribution is 2.28. The number of amides is 1. The maximum Gasteiger partial charge on any atom is 0.339 e. The number of rotatable bonds is 5. The van der Waals surface area contributed by atoms with Crippen LogP contribution in [0, 0.1) is 12.7 Å². The van der Waals surface area contributed by atoms with Gasteiger partial charge in [0.1, 0.15) is 12.4 Å². The molecule has 0 aliphatic carbocycles. The van der Waals surface area contributed by atoms with Crippen LogP contribution in [0.2, 0.25) is 0 Å². The number of nitrogens with zero attached hydrogens (tertiary/aromatic N) is 3. The summed E-state index contributed by atoms with van der Waals surface area (Å²) < 4.78 is 23.9. The molecule has 0 aliphatic heterocycles. The molecular weight excluding hydrogens is 411 g/mol. The van der Waals surface area contributed by atoms with Gasteiger partial charge in [-0.15, -0.1) is 11.3 Å². The van der Waals surface area contributed by atoms with E-state index in [1.54, 1.807) is 30.5 Å². The Hall–Kier alpha value is -3.66. The molecule has 0 spiro atoms. The second-order valence-electron chi connectivity index (χ2n) is 6.41. The number of fused-ring (bicyclic) bond motifs is 1. The molecule has 8 nitrogen and oxygen atoms in total. The number of carbonyl (C=O) groups excluding carboxylic acids is 2. The summed E-state index contributed by atoms with van der Waals surface area (Å²) in [4.78, 5) is 32.5. The van der Waals surface area contributed by atoms with Crippen molar-refractivity contribution in [1.29, 1.82) is 0 Å². The van der Waals surface area contributed by atoms with Crippen molar-refractivity contribution >= 4 is 39.4 Å². The molecular formula is C20H15FN4O4S. The van der Waals surface area contributed by atoms with E-state index in [0.29, 0.717) is 33.2 Å². The number of thiazole rings is 1. The molecule has 1 amide bonds. The van der Waals surface area contributed by atoms with Crippen LogP contribution in [0.5, 0.6) is 0 Å². The predicted octanol–water partition coefficient (Wildman–Crippen LogP) is 4.11. The number of aryl methyl sites for hydroxylation is 1. The van der Waals surface area contributed by atoms with Gasteiger partial charge in [0, 0.05) is 17.9 Å². The van der Waals surface area contributed by atoms with Crippen molar-refractivity contribution in [2.24, 2.45) is 0 Å². The molecule has 10 heteroatoms. The van der Waals surface area contributed by atoms with E-state index in [0.717, 1.165) is 0 Å². The molecule has 0 saturated heterocycles. The molecule has 1 N–H and O–H groups in total. The zero-order chi connectivity index (χ0) is 21.3. The van der Waals surface area contributed by atoms with Crippen LogP contribution in [0.4, 0.5) is 9.52 Å². The molecule has 0 atom stereocenters. The predicted molar refractivity (Wildman–Crippen MR) is 107 cm³/mol. The second-order valence-corrected chi connectivity index (χ2v) is 7.27. The maximum absolute atomic E-state index is 13.2. The summed E-state index contributed by atoms with van der Waals surface area (Å²) in [7, 11) is 0. The number of aromatic nitrogens is 3. The Balaban J connectivity index is 1.62. The Morgan fingerprint density at radius 2 is 2.00 bits per heavy atom. The SMILES string of the molecule is CC(=O)Nc1nc(COC(=O)c2cc(-c3ccc(F)cc3)nc3onc(C)c23)cs1. The molecule has 3 aromatic heterocycles. The monoisotopic (exact) mass is 426 g/mol. The van der Waals surface area contributed by atoms with E-state index < -0.39 is 5.97 Å². The summed E-state index contributed by atoms with van der Waals surface area (Å²) in [6.07, 6.45) is 0. The number of esters is 1. The summed E-state index contributed by atoms with van der Waals surface area (Å²) in [5.41, 5.74) is 2.45. The van der Waals surface area contributed by atoms with Crippen molar-refractivity contribution in [3.05, 3.63) is 58.5 Å². The number of carbonyl (C=O) groups is 2. The van der Waals surface area contributed by atoms with Crippen molar-refractivity contribution < 1.29 is 23.2 Å².